The molecule has 9 heteroatoms. The molecule has 3 aromatic rings. The predicted molar refractivity (Wildman–Crippen MR) is 132 cm³/mol. The van der Waals surface area contributed by atoms with E-state index in [1.165, 1.54) is 23.1 Å². The van der Waals surface area contributed by atoms with Crippen molar-refractivity contribution >= 4 is 82.6 Å². The molecule has 3 aromatic carbocycles. The molecule has 31 heavy (non-hydrogen) atoms. The van der Waals surface area contributed by atoms with Crippen LogP contribution in [-0.2, 0) is 14.6 Å². The number of rotatable bonds is 3. The lowest BCUT2D eigenvalue weighted by Gasteiger charge is -2.24. The van der Waals surface area contributed by atoms with Gasteiger partial charge in [0.05, 0.1) is 0 Å². The van der Waals surface area contributed by atoms with Gasteiger partial charge in [-0.2, -0.15) is 0 Å². The highest BCUT2D eigenvalue weighted by Crippen LogP contribution is 2.45. The third kappa shape index (κ3) is 4.34. The number of amides is 1. The molecule has 0 N–H and O–H groups in total. The van der Waals surface area contributed by atoms with E-state index in [-0.39, 0.29) is 15.5 Å². The first kappa shape index (κ1) is 22.6. The molecule has 4 nitrogen and oxygen atoms in total. The Morgan fingerprint density at radius 1 is 0.871 bits per heavy atom. The molecule has 1 fully saturated rings. The van der Waals surface area contributed by atoms with Crippen LogP contribution < -0.4 is 4.90 Å². The van der Waals surface area contributed by atoms with Gasteiger partial charge in [-0.1, -0.05) is 73.3 Å². The molecule has 4 rings (SSSR count). The maximum absolute atomic E-state index is 13.6. The molecule has 1 heterocycles. The first-order valence-corrected chi connectivity index (χ1v) is 12.8. The van der Waals surface area contributed by atoms with E-state index >= 15 is 0 Å². The van der Waals surface area contributed by atoms with Crippen LogP contribution in [0.15, 0.2) is 80.6 Å². The van der Waals surface area contributed by atoms with E-state index in [1.807, 2.05) is 0 Å². The minimum atomic E-state index is -4.09. The fourth-order valence-corrected chi connectivity index (χ4v) is 6.35. The lowest BCUT2D eigenvalue weighted by Crippen LogP contribution is -2.29. The number of sulfone groups is 1. The fraction of sp³-hybridized carbons (Fsp3) is 0.0455. The highest BCUT2D eigenvalue weighted by Gasteiger charge is 2.50. The Morgan fingerprint density at radius 2 is 1.45 bits per heavy atom. The van der Waals surface area contributed by atoms with Gasteiger partial charge < -0.3 is 0 Å². The standard InChI is InChI=1S/C22H13Br2Cl2NO3S/c23-14-3-1-13(2-4-14)11-20-21(28)27(17-8-5-15(24)6-9-17)22(31(20,29)30)18-10-7-16(25)12-19(18)26/h1-12,22H. The summed E-state index contributed by atoms with van der Waals surface area (Å²) in [6.07, 6.45) is 1.39. The van der Waals surface area contributed by atoms with Crippen molar-refractivity contribution in [1.29, 1.82) is 0 Å². The van der Waals surface area contributed by atoms with Crippen molar-refractivity contribution in [2.75, 3.05) is 4.90 Å². The zero-order valence-corrected chi connectivity index (χ0v) is 21.1. The molecule has 1 aliphatic heterocycles. The van der Waals surface area contributed by atoms with Crippen LogP contribution in [0.3, 0.4) is 0 Å². The Hall–Kier alpha value is -1.64. The molecule has 1 amide bonds. The SMILES string of the molecule is O=C1C(=Cc2ccc(Br)cc2)S(=O)(=O)C(c2ccc(Cl)cc2Cl)N1c1ccc(Br)cc1. The van der Waals surface area contributed by atoms with E-state index in [2.05, 4.69) is 31.9 Å². The Labute approximate surface area is 206 Å². The fourth-order valence-electron chi connectivity index (χ4n) is 3.32. The van der Waals surface area contributed by atoms with Crippen molar-refractivity contribution < 1.29 is 13.2 Å². The second-order valence-corrected chi connectivity index (χ2v) is 11.4. The molecule has 0 spiro atoms. The van der Waals surface area contributed by atoms with E-state index in [0.29, 0.717) is 16.3 Å². The largest absolute Gasteiger partial charge is 0.285 e. The minimum Gasteiger partial charge on any atom is -0.285 e. The molecule has 0 saturated carbocycles. The highest BCUT2D eigenvalue weighted by atomic mass is 79.9. The molecule has 1 aliphatic rings. The smallest absolute Gasteiger partial charge is 0.271 e. The topological polar surface area (TPSA) is 54.5 Å². The summed E-state index contributed by atoms with van der Waals surface area (Å²) in [5, 5.41) is -0.773. The van der Waals surface area contributed by atoms with Crippen molar-refractivity contribution in [3.63, 3.8) is 0 Å². The maximum Gasteiger partial charge on any atom is 0.271 e. The summed E-state index contributed by atoms with van der Waals surface area (Å²) >= 11 is 19.1. The van der Waals surface area contributed by atoms with Gasteiger partial charge in [0.1, 0.15) is 4.91 Å². The van der Waals surface area contributed by atoms with Crippen LogP contribution >= 0.6 is 55.1 Å². The summed E-state index contributed by atoms with van der Waals surface area (Å²) in [5.41, 5.74) is 1.31. The van der Waals surface area contributed by atoms with Crippen LogP contribution in [0, 0.1) is 0 Å². The van der Waals surface area contributed by atoms with Crippen molar-refractivity contribution in [2.45, 2.75) is 5.37 Å². The van der Waals surface area contributed by atoms with Crippen molar-refractivity contribution in [3.8, 4) is 0 Å². The van der Waals surface area contributed by atoms with Crippen molar-refractivity contribution in [2.24, 2.45) is 0 Å². The molecule has 1 atom stereocenters. The second-order valence-electron chi connectivity index (χ2n) is 6.77. The molecule has 158 valence electrons. The third-order valence-corrected chi connectivity index (χ3v) is 8.34. The monoisotopic (exact) mass is 599 g/mol. The number of carbonyl (C=O) groups is 1. The minimum absolute atomic E-state index is 0.167. The van der Waals surface area contributed by atoms with Gasteiger partial charge in [-0.05, 0) is 60.2 Å². The molecular weight excluding hydrogens is 589 g/mol. The summed E-state index contributed by atoms with van der Waals surface area (Å²) in [4.78, 5) is 14.4. The van der Waals surface area contributed by atoms with E-state index in [9.17, 15) is 13.2 Å². The average molecular weight is 602 g/mol. The van der Waals surface area contributed by atoms with E-state index in [0.717, 1.165) is 8.95 Å². The summed E-state index contributed by atoms with van der Waals surface area (Å²) in [6, 6.07) is 18.4. The molecule has 0 bridgehead atoms. The van der Waals surface area contributed by atoms with E-state index in [4.69, 9.17) is 23.2 Å². The Kier molecular flexibility index (Phi) is 6.34. The number of hydrogen-bond acceptors (Lipinski definition) is 3. The Morgan fingerprint density at radius 3 is 2.03 bits per heavy atom. The molecule has 0 radical (unpaired) electrons. The number of anilines is 1. The Balaban J connectivity index is 1.93. The van der Waals surface area contributed by atoms with Gasteiger partial charge >= 0.3 is 0 Å². The quantitative estimate of drug-likeness (QED) is 0.303. The van der Waals surface area contributed by atoms with Crippen LogP contribution in [-0.4, -0.2) is 14.3 Å². The van der Waals surface area contributed by atoms with Crippen LogP contribution in [0.25, 0.3) is 6.08 Å². The van der Waals surface area contributed by atoms with E-state index in [1.54, 1.807) is 54.6 Å². The van der Waals surface area contributed by atoms with Crippen molar-refractivity contribution in [3.05, 3.63) is 102 Å². The molecule has 0 aliphatic carbocycles. The molecule has 1 unspecified atom stereocenters. The third-order valence-electron chi connectivity index (χ3n) is 4.77. The summed E-state index contributed by atoms with van der Waals surface area (Å²) < 4.78 is 28.9. The maximum atomic E-state index is 13.6. The van der Waals surface area contributed by atoms with Gasteiger partial charge in [0.25, 0.3) is 5.91 Å². The zero-order valence-electron chi connectivity index (χ0n) is 15.6. The summed E-state index contributed by atoms with van der Waals surface area (Å²) in [5.74, 6) is -0.624. The number of nitrogens with zero attached hydrogens (tertiary/aromatic N) is 1. The van der Waals surface area contributed by atoms with Gasteiger partial charge in [-0.25, -0.2) is 8.42 Å². The van der Waals surface area contributed by atoms with Gasteiger partial charge in [0.15, 0.2) is 5.37 Å². The number of benzene rings is 3. The Bertz CT molecular complexity index is 1310. The molecular formula is C22H13Br2Cl2NO3S. The van der Waals surface area contributed by atoms with Gasteiger partial charge in [0, 0.05) is 30.2 Å². The van der Waals surface area contributed by atoms with Crippen molar-refractivity contribution in [1.82, 2.24) is 0 Å². The van der Waals surface area contributed by atoms with Crippen LogP contribution in [0.5, 0.6) is 0 Å². The second kappa shape index (κ2) is 8.71. The first-order valence-electron chi connectivity index (χ1n) is 8.94. The summed E-state index contributed by atoms with van der Waals surface area (Å²) in [6.45, 7) is 0. The zero-order chi connectivity index (χ0) is 22.3. The number of hydrogen-bond donors (Lipinski definition) is 0. The van der Waals surface area contributed by atoms with Crippen LogP contribution in [0.1, 0.15) is 16.5 Å². The van der Waals surface area contributed by atoms with Gasteiger partial charge in [-0.15, -0.1) is 0 Å². The van der Waals surface area contributed by atoms with E-state index < -0.39 is 21.1 Å². The predicted octanol–water partition coefficient (Wildman–Crippen LogP) is 7.02. The van der Waals surface area contributed by atoms with Gasteiger partial charge in [-0.3, -0.25) is 9.69 Å². The normalized spacial score (nSPS) is 19.2. The molecule has 0 aromatic heterocycles. The first-order chi connectivity index (χ1) is 14.7. The van der Waals surface area contributed by atoms with Crippen LogP contribution in [0.2, 0.25) is 10.0 Å². The summed E-state index contributed by atoms with van der Waals surface area (Å²) in [7, 11) is -4.09. The highest BCUT2D eigenvalue weighted by molar-refractivity contribution is 9.10. The number of carbonyl (C=O) groups excluding carboxylic acids is 1. The number of halogens is 4. The van der Waals surface area contributed by atoms with Gasteiger partial charge in [0.2, 0.25) is 9.84 Å². The van der Waals surface area contributed by atoms with Crippen LogP contribution in [0.4, 0.5) is 5.69 Å². The molecule has 1 saturated heterocycles. The lowest BCUT2D eigenvalue weighted by molar-refractivity contribution is -0.114. The average Bonchev–Trinajstić information content (AvgIpc) is 2.91. The lowest BCUT2D eigenvalue weighted by atomic mass is 10.1.